The van der Waals surface area contributed by atoms with Gasteiger partial charge >= 0.3 is 6.85 Å². The predicted molar refractivity (Wildman–Crippen MR) is 271 cm³/mol. The number of benzene rings is 7. The Balaban J connectivity index is 1.18. The third kappa shape index (κ3) is 4.91. The lowest BCUT2D eigenvalue weighted by Crippen LogP contribution is -2.60. The quantitative estimate of drug-likeness (QED) is 0.155. The van der Waals surface area contributed by atoms with Gasteiger partial charge in [0.2, 0.25) is 0 Å². The van der Waals surface area contributed by atoms with Gasteiger partial charge in [0.05, 0.1) is 16.7 Å². The Labute approximate surface area is 375 Å². The molecule has 0 unspecified atom stereocenters. The van der Waals surface area contributed by atoms with Crippen molar-refractivity contribution in [2.24, 2.45) is 0 Å². The highest BCUT2D eigenvalue weighted by atomic mass is 16.3. The van der Waals surface area contributed by atoms with Crippen LogP contribution in [-0.4, -0.2) is 11.4 Å². The molecular formula is C59H53BN2O2. The van der Waals surface area contributed by atoms with Gasteiger partial charge in [0.15, 0.2) is 0 Å². The van der Waals surface area contributed by atoms with E-state index in [4.69, 9.17) is 8.83 Å². The van der Waals surface area contributed by atoms with Crippen molar-refractivity contribution in [3.8, 4) is 27.9 Å². The van der Waals surface area contributed by atoms with Gasteiger partial charge in [-0.2, -0.15) is 0 Å². The minimum absolute atomic E-state index is 0.0199. The Hall–Kier alpha value is -6.46. The monoisotopic (exact) mass is 832 g/mol. The average Bonchev–Trinajstić information content (AvgIpc) is 3.97. The van der Waals surface area contributed by atoms with E-state index >= 15 is 0 Å². The lowest BCUT2D eigenvalue weighted by Gasteiger charge is -2.41. The van der Waals surface area contributed by atoms with E-state index < -0.39 is 0 Å². The van der Waals surface area contributed by atoms with Crippen LogP contribution >= 0.6 is 0 Å². The molecule has 5 heteroatoms. The fourth-order valence-electron chi connectivity index (χ4n) is 11.7. The molecule has 0 N–H and O–H groups in total. The van der Waals surface area contributed by atoms with Gasteiger partial charge in [-0.05, 0) is 115 Å². The molecule has 0 radical (unpaired) electrons. The van der Waals surface area contributed by atoms with E-state index in [9.17, 15) is 0 Å². The van der Waals surface area contributed by atoms with Crippen molar-refractivity contribution >= 4 is 84.1 Å². The zero-order valence-corrected chi connectivity index (χ0v) is 38.8. The number of para-hydroxylation sites is 1. The highest BCUT2D eigenvalue weighted by Gasteiger charge is 2.49. The Morgan fingerprint density at radius 3 is 1.89 bits per heavy atom. The van der Waals surface area contributed by atoms with Crippen LogP contribution in [0.4, 0.5) is 11.4 Å². The molecule has 2 aliphatic heterocycles. The minimum atomic E-state index is -0.233. The topological polar surface area (TPSA) is 34.5 Å². The van der Waals surface area contributed by atoms with Crippen molar-refractivity contribution in [1.29, 1.82) is 0 Å². The van der Waals surface area contributed by atoms with E-state index in [-0.39, 0.29) is 28.5 Å². The van der Waals surface area contributed by atoms with Crippen molar-refractivity contribution in [3.05, 3.63) is 149 Å². The summed E-state index contributed by atoms with van der Waals surface area (Å²) in [4.78, 5) is 2.62. The van der Waals surface area contributed by atoms with Gasteiger partial charge in [0.1, 0.15) is 22.4 Å². The maximum Gasteiger partial charge on any atom is 0.375 e. The molecule has 7 aromatic carbocycles. The number of furan rings is 2. The van der Waals surface area contributed by atoms with Crippen molar-refractivity contribution < 1.29 is 8.83 Å². The maximum atomic E-state index is 7.38. The second-order valence-electron chi connectivity index (χ2n) is 22.6. The van der Waals surface area contributed by atoms with Gasteiger partial charge in [-0.25, -0.2) is 0 Å². The Bertz CT molecular complexity index is 3700. The molecule has 4 nitrogen and oxygen atoms in total. The number of hydrogen-bond donors (Lipinski definition) is 0. The summed E-state index contributed by atoms with van der Waals surface area (Å²) in [5.41, 5.74) is 22.6. The molecule has 0 bridgehead atoms. The molecule has 0 fully saturated rings. The van der Waals surface area contributed by atoms with Crippen molar-refractivity contribution in [1.82, 2.24) is 4.57 Å². The summed E-state index contributed by atoms with van der Waals surface area (Å²) < 4.78 is 16.5. The zero-order chi connectivity index (χ0) is 44.1. The molecule has 3 aromatic heterocycles. The van der Waals surface area contributed by atoms with E-state index in [1.807, 2.05) is 0 Å². The van der Waals surface area contributed by atoms with Gasteiger partial charge in [0.25, 0.3) is 0 Å². The van der Waals surface area contributed by atoms with Crippen LogP contribution in [0.3, 0.4) is 0 Å². The maximum absolute atomic E-state index is 7.38. The molecule has 0 amide bonds. The van der Waals surface area contributed by atoms with Gasteiger partial charge in [-0.1, -0.05) is 143 Å². The SMILES string of the molecule is CC(C)(C)c1ccc(N2B3c4oc5ccc(C(C)(C)C)cc5c4-n4c5cc6oc7ccccc7c6cc5c5ccc(c3c54)-c3cc4c(cc32)-c2ccc(C(C)(C)C)cc2C4(C)C)cc1. The van der Waals surface area contributed by atoms with Crippen LogP contribution in [0.2, 0.25) is 0 Å². The molecule has 13 rings (SSSR count). The summed E-state index contributed by atoms with van der Waals surface area (Å²) in [6, 6.07) is 46.4. The Morgan fingerprint density at radius 2 is 1.14 bits per heavy atom. The molecule has 3 aliphatic rings. The number of rotatable bonds is 1. The first-order valence-corrected chi connectivity index (χ1v) is 23.1. The van der Waals surface area contributed by atoms with Gasteiger partial charge in [-0.3, -0.25) is 0 Å². The first-order chi connectivity index (χ1) is 30.4. The van der Waals surface area contributed by atoms with Crippen LogP contribution in [-0.2, 0) is 21.7 Å². The van der Waals surface area contributed by atoms with E-state index in [0.717, 1.165) is 55.5 Å². The lowest BCUT2D eigenvalue weighted by atomic mass is 9.46. The Kier molecular flexibility index (Phi) is 7.14. The summed E-state index contributed by atoms with van der Waals surface area (Å²) in [6.07, 6.45) is 0. The number of hydrogen-bond acceptors (Lipinski definition) is 3. The van der Waals surface area contributed by atoms with Crippen molar-refractivity contribution in [2.75, 3.05) is 4.81 Å². The van der Waals surface area contributed by atoms with E-state index in [1.165, 1.54) is 77.5 Å². The second-order valence-corrected chi connectivity index (χ2v) is 22.6. The number of fused-ring (bicyclic) bond motifs is 16. The molecule has 64 heavy (non-hydrogen) atoms. The van der Waals surface area contributed by atoms with Gasteiger partial charge in [-0.15, -0.1) is 0 Å². The molecular weight excluding hydrogens is 779 g/mol. The molecule has 1 aliphatic carbocycles. The number of aromatic nitrogens is 1. The molecule has 0 saturated heterocycles. The fourth-order valence-corrected chi connectivity index (χ4v) is 11.7. The van der Waals surface area contributed by atoms with E-state index in [0.29, 0.717) is 0 Å². The summed E-state index contributed by atoms with van der Waals surface area (Å²) >= 11 is 0. The summed E-state index contributed by atoms with van der Waals surface area (Å²) in [5.74, 6) is 0. The van der Waals surface area contributed by atoms with Gasteiger partial charge < -0.3 is 18.2 Å². The van der Waals surface area contributed by atoms with Crippen LogP contribution < -0.4 is 15.9 Å². The molecule has 0 atom stereocenters. The minimum Gasteiger partial charge on any atom is -0.466 e. The van der Waals surface area contributed by atoms with Crippen LogP contribution in [0.5, 0.6) is 0 Å². The zero-order valence-electron chi connectivity index (χ0n) is 38.8. The first kappa shape index (κ1) is 38.0. The van der Waals surface area contributed by atoms with Crippen LogP contribution in [0.15, 0.2) is 130 Å². The summed E-state index contributed by atoms with van der Waals surface area (Å²) in [6.45, 7) is 25.3. The number of nitrogens with zero attached hydrogens (tertiary/aromatic N) is 2. The molecule has 0 spiro atoms. The van der Waals surface area contributed by atoms with Gasteiger partial charge in [0, 0.05) is 55.4 Å². The molecule has 314 valence electrons. The highest BCUT2D eigenvalue weighted by Crippen LogP contribution is 2.55. The normalized spacial score (nSPS) is 15.2. The first-order valence-electron chi connectivity index (χ1n) is 23.1. The number of anilines is 2. The second kappa shape index (κ2) is 12.0. The molecule has 5 heterocycles. The predicted octanol–water partition coefficient (Wildman–Crippen LogP) is 14.9. The van der Waals surface area contributed by atoms with E-state index in [2.05, 4.69) is 207 Å². The summed E-state index contributed by atoms with van der Waals surface area (Å²) in [7, 11) is 0. The standard InChI is InChI=1S/C59H53BN2O2/c1-56(2,3)32-16-20-35(21-17-32)62-48-30-40-36-22-18-34(58(7,8)9)27-45(36)59(10,11)46(40)29-42(48)38-23-24-39-41-28-43-37-14-12-13-15-49(37)63-51(43)31-47(41)61-53(39)52(38)60(62)55-54(61)44-26-33(57(4,5)6)19-25-50(44)64-55/h12-31H,1-11H3. The van der Waals surface area contributed by atoms with Crippen molar-refractivity contribution in [2.45, 2.75) is 97.8 Å². The third-order valence-corrected chi connectivity index (χ3v) is 15.2. The van der Waals surface area contributed by atoms with Crippen LogP contribution in [0, 0.1) is 0 Å². The third-order valence-electron chi connectivity index (χ3n) is 15.2. The average molecular weight is 833 g/mol. The fraction of sp³-hybridized carbons (Fsp3) is 0.254. The van der Waals surface area contributed by atoms with Crippen molar-refractivity contribution in [3.63, 3.8) is 0 Å². The Morgan fingerprint density at radius 1 is 0.484 bits per heavy atom. The van der Waals surface area contributed by atoms with E-state index in [1.54, 1.807) is 0 Å². The van der Waals surface area contributed by atoms with Crippen LogP contribution in [0.25, 0.3) is 82.7 Å². The highest BCUT2D eigenvalue weighted by molar-refractivity contribution is 6.93. The molecule has 10 aromatic rings. The molecule has 0 saturated carbocycles. The smallest absolute Gasteiger partial charge is 0.375 e. The van der Waals surface area contributed by atoms with Crippen LogP contribution in [0.1, 0.15) is 104 Å². The summed E-state index contributed by atoms with van der Waals surface area (Å²) in [5, 5.41) is 5.88. The lowest BCUT2D eigenvalue weighted by molar-refractivity contribution is 0.584. The largest absolute Gasteiger partial charge is 0.466 e.